The molecule has 2 fully saturated rings. The van der Waals surface area contributed by atoms with Gasteiger partial charge in [0.15, 0.2) is 81.7 Å². The van der Waals surface area contributed by atoms with Crippen LogP contribution >= 0.6 is 0 Å². The Kier molecular flexibility index (Phi) is 6.80. The maximum absolute atomic E-state index is 5.49. The highest BCUT2D eigenvalue weighted by atomic mass is 15.3. The Morgan fingerprint density at radius 1 is 0.192 bits per heavy atom. The zero-order valence-electron chi connectivity index (χ0n) is 40.3. The van der Waals surface area contributed by atoms with Gasteiger partial charge >= 0.3 is 0 Å². The predicted molar refractivity (Wildman–Crippen MR) is 302 cm³/mol. The van der Waals surface area contributed by atoms with E-state index in [9.17, 15) is 0 Å². The van der Waals surface area contributed by atoms with E-state index in [1.165, 1.54) is 11.1 Å². The van der Waals surface area contributed by atoms with Crippen molar-refractivity contribution >= 4 is 93.4 Å². The van der Waals surface area contributed by atoms with Crippen LogP contribution in [0.3, 0.4) is 0 Å². The van der Waals surface area contributed by atoms with Crippen LogP contribution in [0.2, 0.25) is 0 Å². The van der Waals surface area contributed by atoms with Crippen LogP contribution in [0, 0.1) is 10.8 Å². The first-order valence-electron chi connectivity index (χ1n) is 25.8. The minimum Gasteiger partial charge on any atom is -0.217 e. The van der Waals surface area contributed by atoms with Crippen LogP contribution in [0.1, 0.15) is 101 Å². The molecule has 0 aromatic heterocycles. The zero-order valence-corrected chi connectivity index (χ0v) is 40.3. The molecule has 16 nitrogen and oxygen atoms in total. The van der Waals surface area contributed by atoms with E-state index in [0.717, 1.165) is 77.9 Å². The van der Waals surface area contributed by atoms with Gasteiger partial charge in [0.05, 0.1) is 10.8 Å². The summed E-state index contributed by atoms with van der Waals surface area (Å²) in [6, 6.07) is 52.8. The van der Waals surface area contributed by atoms with Crippen molar-refractivity contribution in [2.75, 3.05) is 0 Å². The summed E-state index contributed by atoms with van der Waals surface area (Å²) in [7, 11) is 0. The van der Waals surface area contributed by atoms with Crippen LogP contribution in [0.25, 0.3) is 0 Å². The summed E-state index contributed by atoms with van der Waals surface area (Å²) in [6.45, 7) is 0. The van der Waals surface area contributed by atoms with Crippen molar-refractivity contribution in [3.63, 3.8) is 0 Å². The fraction of sp³-hybridized carbons (Fsp3) is 0.0645. The molecule has 21 rings (SSSR count). The first-order chi connectivity index (χ1) is 38.6. The lowest BCUT2D eigenvalue weighted by Gasteiger charge is -2.16. The van der Waals surface area contributed by atoms with Crippen molar-refractivity contribution in [3.8, 4) is 0 Å². The van der Waals surface area contributed by atoms with Crippen LogP contribution in [0.4, 0.5) is 0 Å². The average molecular weight is 997 g/mol. The van der Waals surface area contributed by atoms with Gasteiger partial charge in [-0.15, -0.1) is 0 Å². The first-order valence-corrected chi connectivity index (χ1v) is 25.8. The lowest BCUT2D eigenvalue weighted by Crippen LogP contribution is -2.20. The van der Waals surface area contributed by atoms with Crippen molar-refractivity contribution in [2.24, 2.45) is 90.7 Å². The smallest absolute Gasteiger partial charge is 0.164 e. The lowest BCUT2D eigenvalue weighted by atomic mass is 9.94. The Bertz CT molecular complexity index is 4860. The van der Waals surface area contributed by atoms with Gasteiger partial charge in [0.2, 0.25) is 0 Å². The van der Waals surface area contributed by atoms with E-state index in [4.69, 9.17) is 79.9 Å². The third kappa shape index (κ3) is 4.67. The van der Waals surface area contributed by atoms with E-state index in [1.807, 2.05) is 146 Å². The Balaban J connectivity index is 0.790. The second-order valence-corrected chi connectivity index (χ2v) is 20.9. The number of benzene rings is 7. The summed E-state index contributed by atoms with van der Waals surface area (Å²) in [4.78, 5) is 83.6. The number of aliphatic imine (C=N–C) groups is 16. The van der Waals surface area contributed by atoms with Crippen molar-refractivity contribution in [3.05, 3.63) is 247 Å². The second-order valence-electron chi connectivity index (χ2n) is 20.9. The van der Waals surface area contributed by atoms with Gasteiger partial charge in [-0.2, -0.15) is 0 Å². The highest BCUT2D eigenvalue weighted by molar-refractivity contribution is 6.39. The van der Waals surface area contributed by atoms with Crippen molar-refractivity contribution in [1.82, 2.24) is 0 Å². The van der Waals surface area contributed by atoms with E-state index >= 15 is 0 Å². The van der Waals surface area contributed by atoms with E-state index in [-0.39, 0.29) is 11.8 Å². The fourth-order valence-corrected chi connectivity index (χ4v) is 13.9. The van der Waals surface area contributed by atoms with Crippen molar-refractivity contribution in [1.29, 1.82) is 0 Å². The summed E-state index contributed by atoms with van der Waals surface area (Å²) < 4.78 is 0. The van der Waals surface area contributed by atoms with Gasteiger partial charge in [0.25, 0.3) is 0 Å². The molecule has 0 radical (unpaired) electrons. The zero-order chi connectivity index (χ0) is 50.3. The molecule has 14 aliphatic rings. The minimum absolute atomic E-state index is 0.0174. The molecular weight excluding hydrogens is 969 g/mol. The maximum atomic E-state index is 5.49. The molecule has 7 aromatic rings. The Hall–Kier alpha value is -10.7. The molecule has 2 saturated carbocycles. The summed E-state index contributed by atoms with van der Waals surface area (Å²) in [6.07, 6.45) is 0. The van der Waals surface area contributed by atoms with Gasteiger partial charge in [-0.1, -0.05) is 146 Å². The maximum Gasteiger partial charge on any atom is 0.164 e. The highest BCUT2D eigenvalue weighted by Gasteiger charge is 3.07. The Labute approximate surface area is 440 Å². The third-order valence-corrected chi connectivity index (χ3v) is 17.2. The van der Waals surface area contributed by atoms with E-state index in [1.54, 1.807) is 0 Å². The predicted octanol–water partition coefficient (Wildman–Crippen LogP) is 8.45. The van der Waals surface area contributed by atoms with Gasteiger partial charge in [-0.25, -0.2) is 79.9 Å². The van der Waals surface area contributed by atoms with Gasteiger partial charge in [0, 0.05) is 89.7 Å². The third-order valence-electron chi connectivity index (χ3n) is 17.2. The molecule has 10 aliphatic heterocycles. The lowest BCUT2D eigenvalue weighted by molar-refractivity contribution is 0.657. The molecule has 78 heavy (non-hydrogen) atoms. The molecule has 18 bridgehead atoms. The quantitative estimate of drug-likeness (QED) is 0.141. The standard InChI is InChI=1S/C62H28N16/c1-2-14-28-27(13-1)45-63-46(28)65-50-32-18-6-8-20-34(32)54(70-50)74-58-42-26-40-39(25-41(42)57(75-58)73-53-33-19-7-5-17-31(33)49(64-45)69-53)43-61-44(40)62(43,61)60-77-56-38-24-12-10-22-36(38)52(72-56)68-48-30-16-4-3-15-29(30)47(66-48)67-51-35-21-9-11-23-37(35)55(71-51)76-59(61)78-60/h1-26,43-44H. The Morgan fingerprint density at radius 2 is 0.372 bits per heavy atom. The van der Waals surface area contributed by atoms with Crippen LogP contribution < -0.4 is 0 Å². The monoisotopic (exact) mass is 996 g/mol. The van der Waals surface area contributed by atoms with Gasteiger partial charge in [-0.3, -0.25) is 0 Å². The molecule has 2 spiro atoms. The Morgan fingerprint density at radius 3 is 0.603 bits per heavy atom. The molecule has 7 aromatic carbocycles. The van der Waals surface area contributed by atoms with E-state index in [0.29, 0.717) is 93.4 Å². The number of hydrogen-bond donors (Lipinski definition) is 0. The van der Waals surface area contributed by atoms with E-state index < -0.39 is 10.8 Å². The fourth-order valence-electron chi connectivity index (χ4n) is 13.9. The van der Waals surface area contributed by atoms with Gasteiger partial charge in [0.1, 0.15) is 11.7 Å². The molecule has 4 aliphatic carbocycles. The highest BCUT2D eigenvalue weighted by Crippen LogP contribution is 3.07. The normalized spacial score (nSPS) is 24.7. The first kappa shape index (κ1) is 39.7. The topological polar surface area (TPSA) is 198 Å². The second kappa shape index (κ2) is 13.4. The van der Waals surface area contributed by atoms with E-state index in [2.05, 4.69) is 12.1 Å². The van der Waals surface area contributed by atoms with Gasteiger partial charge in [-0.05, 0) is 23.3 Å². The van der Waals surface area contributed by atoms with Gasteiger partial charge < -0.3 is 0 Å². The number of nitrogens with zero attached hydrogens (tertiary/aromatic N) is 16. The SMILES string of the molecule is c1ccc2c(c1)C1=NC2=NC2=NC(=NC3=NC(=NC4=NC(=N1)c1ccccc14)c1cc4c(cc13)C1C35C6=NC7=NC(=NC8=NC(=NC9=NC(=NC(=N6)C13C45)c1ccccc19)c1ccccc18)c1ccccc17)c1ccccc12. The molecule has 0 amide bonds. The molecule has 0 N–H and O–H groups in total. The van der Waals surface area contributed by atoms with Crippen LogP contribution in [-0.2, 0) is 0 Å². The number of amidine groups is 16. The minimum atomic E-state index is -0.460. The molecular formula is C62H28N16. The number of rotatable bonds is 0. The molecule has 4 unspecified atom stereocenters. The van der Waals surface area contributed by atoms with Crippen molar-refractivity contribution in [2.45, 2.75) is 11.8 Å². The molecule has 10 heterocycles. The summed E-state index contributed by atoms with van der Waals surface area (Å²) in [5.41, 5.74) is 13.5. The summed E-state index contributed by atoms with van der Waals surface area (Å²) >= 11 is 0. The summed E-state index contributed by atoms with van der Waals surface area (Å²) in [5.74, 6) is 8.68. The average Bonchev–Trinajstić information content (AvgIpc) is 1.40. The largest absolute Gasteiger partial charge is 0.217 e. The van der Waals surface area contributed by atoms with Crippen LogP contribution in [-0.4, -0.2) is 93.4 Å². The molecule has 4 atom stereocenters. The van der Waals surface area contributed by atoms with Crippen LogP contribution in [0.15, 0.2) is 238 Å². The number of fused-ring (bicyclic) bond motifs is 29. The molecule has 16 heteroatoms. The summed E-state index contributed by atoms with van der Waals surface area (Å²) in [5, 5.41) is 0. The molecule has 356 valence electrons. The number of hydrogen-bond acceptors (Lipinski definition) is 16. The van der Waals surface area contributed by atoms with Crippen LogP contribution in [0.5, 0.6) is 0 Å². The molecule has 0 saturated heterocycles. The van der Waals surface area contributed by atoms with Crippen molar-refractivity contribution < 1.29 is 0 Å².